The molecule has 0 atom stereocenters. The smallest absolute Gasteiger partial charge is 0.255 e. The van der Waals surface area contributed by atoms with E-state index >= 15 is 0 Å². The number of nitrogens with zero attached hydrogens (tertiary/aromatic N) is 6. The molecule has 1 saturated carbocycles. The number of nitrogens with two attached hydrogens (primary N) is 1. The molecule has 0 bridgehead atoms. The maximum absolute atomic E-state index is 13.0. The van der Waals surface area contributed by atoms with Gasteiger partial charge in [0.15, 0.2) is 17.3 Å². The molecule has 2 aromatic carbocycles. The number of fused-ring (bicyclic) bond motifs is 1. The molecule has 0 unspecified atom stereocenters. The highest BCUT2D eigenvalue weighted by atomic mass is 16.1. The first-order valence-corrected chi connectivity index (χ1v) is 15.2. The second-order valence-electron chi connectivity index (χ2n) is 12.4. The van der Waals surface area contributed by atoms with E-state index in [0.29, 0.717) is 34.8 Å². The molecular weight excluding hydrogens is 524 g/mol. The molecule has 3 heterocycles. The van der Waals surface area contributed by atoms with Crippen LogP contribution in [0.3, 0.4) is 0 Å². The van der Waals surface area contributed by atoms with E-state index in [-0.39, 0.29) is 5.91 Å². The van der Waals surface area contributed by atoms with Crippen molar-refractivity contribution in [2.75, 3.05) is 38.2 Å². The number of rotatable bonds is 7. The van der Waals surface area contributed by atoms with Crippen LogP contribution in [-0.4, -0.2) is 68.5 Å². The Hall–Kier alpha value is -3.82. The zero-order valence-electron chi connectivity index (χ0n) is 25.0. The summed E-state index contributed by atoms with van der Waals surface area (Å²) in [4.78, 5) is 31.8. The third kappa shape index (κ3) is 6.17. The number of likely N-dealkylation sites (tertiary alicyclic amines) is 1. The van der Waals surface area contributed by atoms with Gasteiger partial charge in [-0.1, -0.05) is 31.2 Å². The van der Waals surface area contributed by atoms with E-state index in [2.05, 4.69) is 62.8 Å². The van der Waals surface area contributed by atoms with Crippen LogP contribution in [0, 0.1) is 5.92 Å². The first-order valence-electron chi connectivity index (χ1n) is 15.2. The van der Waals surface area contributed by atoms with E-state index in [0.717, 1.165) is 55.3 Å². The van der Waals surface area contributed by atoms with Crippen LogP contribution in [0.4, 0.5) is 11.5 Å². The van der Waals surface area contributed by atoms with Gasteiger partial charge in [-0.2, -0.15) is 0 Å². The number of anilines is 2. The molecule has 2 aliphatic rings. The topological polar surface area (TPSA) is 105 Å². The van der Waals surface area contributed by atoms with E-state index in [1.54, 1.807) is 12.1 Å². The van der Waals surface area contributed by atoms with Crippen molar-refractivity contribution >= 4 is 28.6 Å². The minimum absolute atomic E-state index is 0.152. The Morgan fingerprint density at radius 3 is 2.31 bits per heavy atom. The summed E-state index contributed by atoms with van der Waals surface area (Å²) in [5.74, 6) is 1.53. The Bertz CT molecular complexity index is 1510. The summed E-state index contributed by atoms with van der Waals surface area (Å²) in [5, 5.41) is 3.02. The number of hydrogen-bond acceptors (Lipinski definition) is 7. The van der Waals surface area contributed by atoms with Gasteiger partial charge in [-0.15, -0.1) is 0 Å². The Kier molecular flexibility index (Phi) is 8.22. The molecule has 1 amide bonds. The highest BCUT2D eigenvalue weighted by Gasteiger charge is 2.23. The fraction of sp³-hybridized carbons (Fsp3) is 0.455. The van der Waals surface area contributed by atoms with Crippen LogP contribution >= 0.6 is 0 Å². The normalized spacial score (nSPS) is 20.3. The molecule has 9 heteroatoms. The second kappa shape index (κ2) is 12.2. The summed E-state index contributed by atoms with van der Waals surface area (Å²) in [6.45, 7) is 5.49. The van der Waals surface area contributed by atoms with Gasteiger partial charge in [-0.3, -0.25) is 9.69 Å². The molecule has 0 spiro atoms. The van der Waals surface area contributed by atoms with E-state index in [1.807, 2.05) is 30.6 Å². The molecule has 3 N–H and O–H groups in total. The van der Waals surface area contributed by atoms with Crippen LogP contribution in [-0.2, 0) is 6.54 Å². The number of imidazole rings is 1. The average molecular weight is 567 g/mol. The van der Waals surface area contributed by atoms with Gasteiger partial charge >= 0.3 is 0 Å². The number of nitrogen functional groups attached to an aromatic ring is 1. The van der Waals surface area contributed by atoms with E-state index in [4.69, 9.17) is 10.7 Å². The molecule has 0 radical (unpaired) electrons. The lowest BCUT2D eigenvalue weighted by Gasteiger charge is -2.35. The first kappa shape index (κ1) is 28.3. The predicted octanol–water partition coefficient (Wildman–Crippen LogP) is 5.61. The monoisotopic (exact) mass is 566 g/mol. The van der Waals surface area contributed by atoms with Gasteiger partial charge < -0.3 is 20.5 Å². The summed E-state index contributed by atoms with van der Waals surface area (Å²) in [6.07, 6.45) is 8.93. The van der Waals surface area contributed by atoms with E-state index in [9.17, 15) is 4.79 Å². The minimum Gasteiger partial charge on any atom is -0.382 e. The predicted molar refractivity (Wildman–Crippen MR) is 168 cm³/mol. The quantitative estimate of drug-likeness (QED) is 0.300. The molecular formula is C33H42N8O. The number of piperidine rings is 1. The fourth-order valence-electron chi connectivity index (χ4n) is 6.37. The van der Waals surface area contributed by atoms with Crippen molar-refractivity contribution in [3.8, 4) is 11.4 Å². The molecule has 1 aliphatic heterocycles. The standard InChI is InChI=1S/C33H42N8O/c1-22-4-14-28(15-5-22)41-21-35-29-30(34)37-31(38-32(29)41)24-8-10-25(11-9-24)33(42)36-26-12-6-23(7-13-26)20-40-18-16-27(17-19-40)39(2)3/h6-13,21-22,27-28H,4-5,14-20H2,1-3H3,(H,36,42)(H2,34,37,38). The fourth-order valence-corrected chi connectivity index (χ4v) is 6.37. The number of carbonyl (C=O) groups excluding carboxylic acids is 1. The first-order chi connectivity index (χ1) is 20.3. The molecule has 42 heavy (non-hydrogen) atoms. The maximum atomic E-state index is 13.0. The number of aromatic nitrogens is 4. The summed E-state index contributed by atoms with van der Waals surface area (Å²) < 4.78 is 2.17. The van der Waals surface area contributed by atoms with Crippen molar-refractivity contribution in [2.24, 2.45) is 5.92 Å². The second-order valence-corrected chi connectivity index (χ2v) is 12.4. The third-order valence-electron chi connectivity index (χ3n) is 9.14. The van der Waals surface area contributed by atoms with Crippen LogP contribution < -0.4 is 11.1 Å². The molecule has 2 aromatic heterocycles. The molecule has 1 saturated heterocycles. The molecule has 1 aliphatic carbocycles. The summed E-state index contributed by atoms with van der Waals surface area (Å²) in [6, 6.07) is 16.6. The Morgan fingerprint density at radius 1 is 0.952 bits per heavy atom. The van der Waals surface area contributed by atoms with Crippen molar-refractivity contribution in [3.63, 3.8) is 0 Å². The van der Waals surface area contributed by atoms with Crippen molar-refractivity contribution in [1.29, 1.82) is 0 Å². The number of nitrogens with one attached hydrogen (secondary N) is 1. The zero-order chi connectivity index (χ0) is 29.2. The molecule has 4 aromatic rings. The van der Waals surface area contributed by atoms with Crippen LogP contribution in [0.5, 0.6) is 0 Å². The lowest BCUT2D eigenvalue weighted by molar-refractivity contribution is 0.102. The summed E-state index contributed by atoms with van der Waals surface area (Å²) in [5.41, 5.74) is 11.2. The number of hydrogen-bond donors (Lipinski definition) is 2. The van der Waals surface area contributed by atoms with Gasteiger partial charge in [-0.05, 0) is 101 Å². The molecule has 2 fully saturated rings. The molecule has 6 rings (SSSR count). The SMILES string of the molecule is CC1CCC(n2cnc3c(N)nc(-c4ccc(C(=O)Nc5ccc(CN6CCC(N(C)C)CC6)cc5)cc4)nc32)CC1. The van der Waals surface area contributed by atoms with Crippen LogP contribution in [0.2, 0.25) is 0 Å². The lowest BCUT2D eigenvalue weighted by atomic mass is 9.87. The van der Waals surface area contributed by atoms with Crippen molar-refractivity contribution in [2.45, 2.75) is 64.1 Å². The van der Waals surface area contributed by atoms with Gasteiger partial charge in [0.25, 0.3) is 5.91 Å². The van der Waals surface area contributed by atoms with Crippen molar-refractivity contribution < 1.29 is 4.79 Å². The van der Waals surface area contributed by atoms with Gasteiger partial charge in [0.05, 0.1) is 6.33 Å². The van der Waals surface area contributed by atoms with Crippen molar-refractivity contribution in [3.05, 3.63) is 66.0 Å². The van der Waals surface area contributed by atoms with Crippen LogP contribution in [0.15, 0.2) is 54.9 Å². The Labute approximate surface area is 248 Å². The molecule has 9 nitrogen and oxygen atoms in total. The zero-order valence-corrected chi connectivity index (χ0v) is 25.0. The number of amides is 1. The number of benzene rings is 2. The Morgan fingerprint density at radius 2 is 1.64 bits per heavy atom. The van der Waals surface area contributed by atoms with Gasteiger partial charge in [0.1, 0.15) is 5.52 Å². The van der Waals surface area contributed by atoms with Gasteiger partial charge in [0.2, 0.25) is 0 Å². The van der Waals surface area contributed by atoms with Gasteiger partial charge in [0, 0.05) is 35.4 Å². The van der Waals surface area contributed by atoms with Gasteiger partial charge in [-0.25, -0.2) is 15.0 Å². The third-order valence-corrected chi connectivity index (χ3v) is 9.14. The summed E-state index contributed by atoms with van der Waals surface area (Å²) in [7, 11) is 4.34. The highest BCUT2D eigenvalue weighted by Crippen LogP contribution is 2.34. The maximum Gasteiger partial charge on any atom is 0.255 e. The minimum atomic E-state index is -0.152. The largest absolute Gasteiger partial charge is 0.382 e. The Balaban J connectivity index is 1.09. The highest BCUT2D eigenvalue weighted by molar-refractivity contribution is 6.04. The van der Waals surface area contributed by atoms with Crippen LogP contribution in [0.25, 0.3) is 22.6 Å². The van der Waals surface area contributed by atoms with Crippen LogP contribution in [0.1, 0.15) is 67.4 Å². The van der Waals surface area contributed by atoms with E-state index in [1.165, 1.54) is 31.2 Å². The van der Waals surface area contributed by atoms with E-state index < -0.39 is 0 Å². The lowest BCUT2D eigenvalue weighted by Crippen LogP contribution is -2.41. The number of carbonyl (C=O) groups is 1. The average Bonchev–Trinajstić information content (AvgIpc) is 3.43. The summed E-state index contributed by atoms with van der Waals surface area (Å²) >= 11 is 0. The molecule has 220 valence electrons. The van der Waals surface area contributed by atoms with Crippen molar-refractivity contribution in [1.82, 2.24) is 29.3 Å².